The normalized spacial score (nSPS) is 14.4. The van der Waals surface area contributed by atoms with Crippen molar-refractivity contribution in [1.29, 1.82) is 0 Å². The summed E-state index contributed by atoms with van der Waals surface area (Å²) in [6.45, 7) is 2.07. The van der Waals surface area contributed by atoms with Crippen molar-refractivity contribution in [2.45, 2.75) is 19.5 Å². The second-order valence-electron chi connectivity index (χ2n) is 5.92. The van der Waals surface area contributed by atoms with E-state index in [4.69, 9.17) is 4.98 Å². The van der Waals surface area contributed by atoms with E-state index in [-0.39, 0.29) is 5.82 Å². The molecule has 0 saturated carbocycles. The summed E-state index contributed by atoms with van der Waals surface area (Å²) >= 11 is 0. The topological polar surface area (TPSA) is 41.9 Å². The third-order valence-electron chi connectivity index (χ3n) is 4.25. The minimum Gasteiger partial charge on any atom is -0.293 e. The van der Waals surface area contributed by atoms with Crippen molar-refractivity contribution in [3.8, 4) is 11.4 Å². The van der Waals surface area contributed by atoms with E-state index in [1.807, 2.05) is 36.5 Å². The van der Waals surface area contributed by atoms with Gasteiger partial charge in [0.05, 0.1) is 11.4 Å². The Morgan fingerprint density at radius 1 is 1.04 bits per heavy atom. The van der Waals surface area contributed by atoms with E-state index in [0.29, 0.717) is 12.2 Å². The Labute approximate surface area is 140 Å². The van der Waals surface area contributed by atoms with Crippen molar-refractivity contribution in [2.75, 3.05) is 6.54 Å². The quantitative estimate of drug-likeness (QED) is 0.743. The highest BCUT2D eigenvalue weighted by Crippen LogP contribution is 2.22. The van der Waals surface area contributed by atoms with Crippen LogP contribution in [-0.4, -0.2) is 26.4 Å². The number of aromatic nitrogens is 3. The van der Waals surface area contributed by atoms with Crippen LogP contribution in [0.25, 0.3) is 11.4 Å². The summed E-state index contributed by atoms with van der Waals surface area (Å²) in [4.78, 5) is 15.5. The summed E-state index contributed by atoms with van der Waals surface area (Å²) in [7, 11) is 0. The number of benzene rings is 1. The largest absolute Gasteiger partial charge is 0.293 e. The highest BCUT2D eigenvalue weighted by molar-refractivity contribution is 5.54. The molecule has 0 aliphatic carbocycles. The van der Waals surface area contributed by atoms with Gasteiger partial charge in [0.25, 0.3) is 0 Å². The van der Waals surface area contributed by atoms with Crippen LogP contribution >= 0.6 is 0 Å². The lowest BCUT2D eigenvalue weighted by Crippen LogP contribution is -2.31. The van der Waals surface area contributed by atoms with Gasteiger partial charge in [-0.15, -0.1) is 0 Å². The molecule has 0 fully saturated rings. The van der Waals surface area contributed by atoms with Gasteiger partial charge in [-0.25, -0.2) is 14.4 Å². The van der Waals surface area contributed by atoms with Crippen molar-refractivity contribution in [2.24, 2.45) is 0 Å². The van der Waals surface area contributed by atoms with Crippen LogP contribution in [0.3, 0.4) is 0 Å². The molecule has 0 saturated heterocycles. The van der Waals surface area contributed by atoms with Gasteiger partial charge >= 0.3 is 0 Å². The smallest absolute Gasteiger partial charge is 0.159 e. The lowest BCUT2D eigenvalue weighted by molar-refractivity contribution is 0.236. The number of rotatable bonds is 3. The first-order valence-corrected chi connectivity index (χ1v) is 8.01. The second-order valence-corrected chi connectivity index (χ2v) is 5.92. The molecule has 1 aliphatic rings. The zero-order valence-corrected chi connectivity index (χ0v) is 13.2. The molecule has 3 aromatic rings. The van der Waals surface area contributed by atoms with Crippen molar-refractivity contribution >= 4 is 0 Å². The van der Waals surface area contributed by atoms with Crippen molar-refractivity contribution in [3.05, 3.63) is 77.6 Å². The van der Waals surface area contributed by atoms with Gasteiger partial charge in [-0.2, -0.15) is 0 Å². The van der Waals surface area contributed by atoms with Gasteiger partial charge in [-0.3, -0.25) is 9.88 Å². The number of fused-ring (bicyclic) bond motifs is 1. The SMILES string of the molecule is Fc1cccnc1CN1CCc2nc(-c3ccccc3)ncc2C1. The Bertz CT molecular complexity index is 851. The predicted octanol–water partition coefficient (Wildman–Crippen LogP) is 3.24. The lowest BCUT2D eigenvalue weighted by atomic mass is 10.1. The van der Waals surface area contributed by atoms with E-state index in [9.17, 15) is 4.39 Å². The van der Waals surface area contributed by atoms with Crippen LogP contribution in [0.2, 0.25) is 0 Å². The molecule has 0 atom stereocenters. The molecule has 4 rings (SSSR count). The zero-order chi connectivity index (χ0) is 16.4. The first kappa shape index (κ1) is 14.9. The summed E-state index contributed by atoms with van der Waals surface area (Å²) < 4.78 is 13.8. The Balaban J connectivity index is 1.53. The fourth-order valence-corrected chi connectivity index (χ4v) is 2.98. The third kappa shape index (κ3) is 3.03. The van der Waals surface area contributed by atoms with Gasteiger partial charge in [-0.1, -0.05) is 30.3 Å². The summed E-state index contributed by atoms with van der Waals surface area (Å²) in [6.07, 6.45) is 4.36. The molecule has 0 spiro atoms. The summed E-state index contributed by atoms with van der Waals surface area (Å²) in [5.74, 6) is 0.512. The van der Waals surface area contributed by atoms with Crippen LogP contribution in [-0.2, 0) is 19.5 Å². The highest BCUT2D eigenvalue weighted by atomic mass is 19.1. The molecule has 0 bridgehead atoms. The van der Waals surface area contributed by atoms with Gasteiger partial charge in [0.2, 0.25) is 0 Å². The Morgan fingerprint density at radius 3 is 2.75 bits per heavy atom. The molecule has 0 N–H and O–H groups in total. The van der Waals surface area contributed by atoms with E-state index < -0.39 is 0 Å². The standard InChI is InChI=1S/C19H17FN4/c20-16-7-4-9-21-18(16)13-24-10-8-17-15(12-24)11-22-19(23-17)14-5-2-1-3-6-14/h1-7,9,11H,8,10,12-13H2. The maximum absolute atomic E-state index is 13.8. The van der Waals surface area contributed by atoms with Gasteiger partial charge in [0.1, 0.15) is 5.82 Å². The van der Waals surface area contributed by atoms with E-state index >= 15 is 0 Å². The van der Waals surface area contributed by atoms with Crippen LogP contribution < -0.4 is 0 Å². The van der Waals surface area contributed by atoms with Gasteiger partial charge in [0, 0.05) is 49.6 Å². The number of nitrogens with zero attached hydrogens (tertiary/aromatic N) is 4. The first-order valence-electron chi connectivity index (χ1n) is 8.01. The molecule has 0 radical (unpaired) electrons. The van der Waals surface area contributed by atoms with E-state index in [1.54, 1.807) is 12.3 Å². The van der Waals surface area contributed by atoms with Crippen LogP contribution in [0.4, 0.5) is 4.39 Å². The Hall–Kier alpha value is -2.66. The summed E-state index contributed by atoms with van der Waals surface area (Å²) in [5, 5.41) is 0. The van der Waals surface area contributed by atoms with Crippen LogP contribution in [0, 0.1) is 5.82 Å². The zero-order valence-electron chi connectivity index (χ0n) is 13.2. The summed E-state index contributed by atoms with van der Waals surface area (Å²) in [6, 6.07) is 13.1. The molecule has 0 unspecified atom stereocenters. The molecular weight excluding hydrogens is 303 g/mol. The number of pyridine rings is 1. The number of hydrogen-bond donors (Lipinski definition) is 0. The van der Waals surface area contributed by atoms with Gasteiger partial charge < -0.3 is 0 Å². The summed E-state index contributed by atoms with van der Waals surface area (Å²) in [5.41, 5.74) is 3.71. The lowest BCUT2D eigenvalue weighted by Gasteiger charge is -2.27. The third-order valence-corrected chi connectivity index (χ3v) is 4.25. The van der Waals surface area contributed by atoms with Crippen molar-refractivity contribution in [1.82, 2.24) is 19.9 Å². The average Bonchev–Trinajstić information content (AvgIpc) is 2.64. The van der Waals surface area contributed by atoms with E-state index in [1.165, 1.54) is 6.07 Å². The van der Waals surface area contributed by atoms with Crippen molar-refractivity contribution < 1.29 is 4.39 Å². The Morgan fingerprint density at radius 2 is 1.92 bits per heavy atom. The molecule has 3 heterocycles. The number of halogens is 1. The minimum atomic E-state index is -0.251. The second kappa shape index (κ2) is 6.45. The predicted molar refractivity (Wildman–Crippen MR) is 89.5 cm³/mol. The fourth-order valence-electron chi connectivity index (χ4n) is 2.98. The molecule has 2 aromatic heterocycles. The first-order chi connectivity index (χ1) is 11.8. The van der Waals surface area contributed by atoms with Crippen LogP contribution in [0.15, 0.2) is 54.9 Å². The van der Waals surface area contributed by atoms with Crippen LogP contribution in [0.1, 0.15) is 17.0 Å². The van der Waals surface area contributed by atoms with Gasteiger partial charge in [-0.05, 0) is 12.1 Å². The van der Waals surface area contributed by atoms with Crippen LogP contribution in [0.5, 0.6) is 0 Å². The molecule has 5 heteroatoms. The molecule has 4 nitrogen and oxygen atoms in total. The highest BCUT2D eigenvalue weighted by Gasteiger charge is 2.20. The number of hydrogen-bond acceptors (Lipinski definition) is 4. The molecule has 24 heavy (non-hydrogen) atoms. The Kier molecular flexibility index (Phi) is 4.01. The average molecular weight is 320 g/mol. The minimum absolute atomic E-state index is 0.251. The maximum Gasteiger partial charge on any atom is 0.159 e. The fraction of sp³-hybridized carbons (Fsp3) is 0.211. The monoisotopic (exact) mass is 320 g/mol. The van der Waals surface area contributed by atoms with Gasteiger partial charge in [0.15, 0.2) is 5.82 Å². The molecule has 0 amide bonds. The van der Waals surface area contributed by atoms with E-state index in [0.717, 1.165) is 42.2 Å². The maximum atomic E-state index is 13.8. The van der Waals surface area contributed by atoms with E-state index in [2.05, 4.69) is 14.9 Å². The molecule has 1 aliphatic heterocycles. The van der Waals surface area contributed by atoms with Crippen molar-refractivity contribution in [3.63, 3.8) is 0 Å². The molecule has 1 aromatic carbocycles. The molecule has 120 valence electrons. The molecular formula is C19H17FN4.